The molecular formula is C20H25ClF6N2O2Si. The molecule has 12 heteroatoms. The van der Waals surface area contributed by atoms with Gasteiger partial charge in [0.25, 0.3) is 0 Å². The Bertz CT molecular complexity index is 889. The zero-order valence-corrected chi connectivity index (χ0v) is 20.1. The Hall–Kier alpha value is -1.85. The van der Waals surface area contributed by atoms with Gasteiger partial charge in [0.2, 0.25) is 5.60 Å². The Morgan fingerprint density at radius 3 is 1.91 bits per heavy atom. The van der Waals surface area contributed by atoms with Crippen molar-refractivity contribution in [3.8, 4) is 5.75 Å². The summed E-state index contributed by atoms with van der Waals surface area (Å²) in [6.07, 6.45) is -2.87. The molecule has 0 aliphatic rings. The second kappa shape index (κ2) is 9.96. The van der Waals surface area contributed by atoms with Gasteiger partial charge in [0, 0.05) is 17.1 Å². The summed E-state index contributed by atoms with van der Waals surface area (Å²) in [5.74, 6) is -4.93. The molecule has 180 valence electrons. The average Bonchev–Trinajstić information content (AvgIpc) is 2.65. The van der Waals surface area contributed by atoms with Crippen LogP contribution in [0.4, 0.5) is 26.3 Å². The highest BCUT2D eigenvalue weighted by molar-refractivity contribution is 6.77. The van der Waals surface area contributed by atoms with Gasteiger partial charge < -0.3 is 9.84 Å². The average molecular weight is 503 g/mol. The fourth-order valence-electron chi connectivity index (χ4n) is 2.41. The van der Waals surface area contributed by atoms with Crippen LogP contribution in [0.15, 0.2) is 30.6 Å². The highest BCUT2D eigenvalue weighted by Crippen LogP contribution is 2.49. The maximum absolute atomic E-state index is 13.7. The maximum Gasteiger partial charge on any atom is 0.423 e. The van der Waals surface area contributed by atoms with E-state index in [1.165, 1.54) is 58.1 Å². The molecule has 32 heavy (non-hydrogen) atoms. The van der Waals surface area contributed by atoms with Gasteiger partial charge in [-0.2, -0.15) is 26.3 Å². The Morgan fingerprint density at radius 2 is 1.56 bits per heavy atom. The molecule has 0 saturated carbocycles. The van der Waals surface area contributed by atoms with Crippen LogP contribution in [0.2, 0.25) is 24.7 Å². The standard InChI is InChI=1S/C16H16ClF3N2O2.C4H9F3Si/c1-9-7-22-14(8-21-9)15(23,16(18,19)20)10(2)12-5-4-11(24-3)6-13(12)17;1-8(2,3)4(5,6)7/h4-8,10,23H,1-3H3;1-3H3. The van der Waals surface area contributed by atoms with E-state index < -0.39 is 37.3 Å². The number of methoxy groups -OCH3 is 1. The topological polar surface area (TPSA) is 55.2 Å². The summed E-state index contributed by atoms with van der Waals surface area (Å²) in [6.45, 7) is 6.68. The third kappa shape index (κ3) is 6.35. The van der Waals surface area contributed by atoms with E-state index in [-0.39, 0.29) is 10.6 Å². The first-order valence-corrected chi connectivity index (χ1v) is 13.2. The lowest BCUT2D eigenvalue weighted by Gasteiger charge is -2.35. The van der Waals surface area contributed by atoms with Crippen molar-refractivity contribution in [2.75, 3.05) is 7.11 Å². The first kappa shape index (κ1) is 28.2. The van der Waals surface area contributed by atoms with Crippen molar-refractivity contribution in [2.24, 2.45) is 0 Å². The van der Waals surface area contributed by atoms with Crippen molar-refractivity contribution in [2.45, 2.75) is 57.0 Å². The van der Waals surface area contributed by atoms with Crippen LogP contribution in [-0.2, 0) is 5.60 Å². The van der Waals surface area contributed by atoms with Crippen LogP contribution >= 0.6 is 11.6 Å². The number of ether oxygens (including phenoxy) is 1. The second-order valence-electron chi connectivity index (χ2n) is 8.16. The first-order chi connectivity index (χ1) is 14.4. The molecule has 2 atom stereocenters. The minimum absolute atomic E-state index is 0.0598. The summed E-state index contributed by atoms with van der Waals surface area (Å²) in [5, 5.41) is 10.6. The summed E-state index contributed by atoms with van der Waals surface area (Å²) in [5.41, 5.74) is -3.25. The first-order valence-electron chi connectivity index (χ1n) is 9.34. The van der Waals surface area contributed by atoms with Crippen molar-refractivity contribution in [3.63, 3.8) is 0 Å². The molecular weight excluding hydrogens is 478 g/mol. The van der Waals surface area contributed by atoms with Gasteiger partial charge in [0.1, 0.15) is 11.4 Å². The Labute approximate surface area is 188 Å². The van der Waals surface area contributed by atoms with E-state index in [2.05, 4.69) is 9.97 Å². The molecule has 0 radical (unpaired) electrons. The van der Waals surface area contributed by atoms with E-state index in [0.717, 1.165) is 6.20 Å². The smallest absolute Gasteiger partial charge is 0.423 e. The molecule has 1 N–H and O–H groups in total. The number of halogens is 7. The van der Waals surface area contributed by atoms with Crippen molar-refractivity contribution in [1.29, 1.82) is 0 Å². The van der Waals surface area contributed by atoms with E-state index >= 15 is 0 Å². The van der Waals surface area contributed by atoms with Gasteiger partial charge in [-0.25, -0.2) is 0 Å². The van der Waals surface area contributed by atoms with Crippen LogP contribution in [-0.4, -0.2) is 42.2 Å². The lowest BCUT2D eigenvalue weighted by molar-refractivity contribution is -0.276. The number of aliphatic hydroxyl groups is 1. The molecule has 1 aromatic heterocycles. The summed E-state index contributed by atoms with van der Waals surface area (Å²) in [4.78, 5) is 7.54. The van der Waals surface area contributed by atoms with Gasteiger partial charge in [0.15, 0.2) is 8.07 Å². The highest BCUT2D eigenvalue weighted by atomic mass is 35.5. The van der Waals surface area contributed by atoms with Crippen LogP contribution in [0.25, 0.3) is 0 Å². The van der Waals surface area contributed by atoms with E-state index in [9.17, 15) is 31.4 Å². The quantitative estimate of drug-likeness (QED) is 0.387. The number of aromatic nitrogens is 2. The Morgan fingerprint density at radius 1 is 1.03 bits per heavy atom. The molecule has 2 aromatic rings. The van der Waals surface area contributed by atoms with Gasteiger partial charge in [-0.15, -0.1) is 0 Å². The SMILES string of the molecule is COc1ccc(C(C)C(O)(c2cnc(C)cn2)C(F)(F)F)c(Cl)c1.C[Si](C)(C)C(F)(F)F. The molecule has 0 spiro atoms. The predicted octanol–water partition coefficient (Wildman–Crippen LogP) is 6.43. The Balaban J connectivity index is 0.000000547. The summed E-state index contributed by atoms with van der Waals surface area (Å²) < 4.78 is 81.0. The van der Waals surface area contributed by atoms with E-state index in [0.29, 0.717) is 11.4 Å². The molecule has 1 heterocycles. The number of hydrogen-bond donors (Lipinski definition) is 1. The summed E-state index contributed by atoms with van der Waals surface area (Å²) in [7, 11) is -1.44. The summed E-state index contributed by atoms with van der Waals surface area (Å²) >= 11 is 6.08. The molecule has 4 nitrogen and oxygen atoms in total. The molecule has 2 rings (SSSR count). The number of aryl methyl sites for hydroxylation is 1. The largest absolute Gasteiger partial charge is 0.497 e. The molecule has 0 amide bonds. The number of nitrogens with zero attached hydrogens (tertiary/aromatic N) is 2. The molecule has 1 aromatic carbocycles. The lowest BCUT2D eigenvalue weighted by Crippen LogP contribution is -2.47. The van der Waals surface area contributed by atoms with Crippen LogP contribution in [0, 0.1) is 6.92 Å². The van der Waals surface area contributed by atoms with Crippen molar-refractivity contribution in [3.05, 3.63) is 52.6 Å². The van der Waals surface area contributed by atoms with Crippen LogP contribution in [0.5, 0.6) is 5.75 Å². The predicted molar refractivity (Wildman–Crippen MR) is 113 cm³/mol. The normalized spacial score (nSPS) is 15.3. The molecule has 0 bridgehead atoms. The van der Waals surface area contributed by atoms with Crippen molar-refractivity contribution >= 4 is 19.7 Å². The molecule has 2 unspecified atom stereocenters. The fourth-order valence-corrected chi connectivity index (χ4v) is 2.75. The van der Waals surface area contributed by atoms with Gasteiger partial charge in [-0.3, -0.25) is 9.97 Å². The van der Waals surface area contributed by atoms with Crippen LogP contribution in [0.3, 0.4) is 0 Å². The third-order valence-electron chi connectivity index (χ3n) is 4.75. The highest BCUT2D eigenvalue weighted by Gasteiger charge is 2.60. The summed E-state index contributed by atoms with van der Waals surface area (Å²) in [6, 6.07) is 4.27. The number of benzene rings is 1. The minimum atomic E-state index is -4.97. The van der Waals surface area contributed by atoms with Gasteiger partial charge in [0.05, 0.1) is 19.0 Å². The molecule has 0 aliphatic carbocycles. The van der Waals surface area contributed by atoms with E-state index in [1.54, 1.807) is 6.92 Å². The lowest BCUT2D eigenvalue weighted by atomic mass is 9.80. The van der Waals surface area contributed by atoms with Gasteiger partial charge >= 0.3 is 12.0 Å². The number of rotatable bonds is 4. The van der Waals surface area contributed by atoms with Crippen molar-refractivity contribution in [1.82, 2.24) is 9.97 Å². The van der Waals surface area contributed by atoms with E-state index in [4.69, 9.17) is 16.3 Å². The third-order valence-corrected chi connectivity index (χ3v) is 6.78. The molecule has 0 fully saturated rings. The van der Waals surface area contributed by atoms with Crippen molar-refractivity contribution < 1.29 is 36.2 Å². The molecule has 0 saturated heterocycles. The maximum atomic E-state index is 13.7. The monoisotopic (exact) mass is 502 g/mol. The second-order valence-corrected chi connectivity index (χ2v) is 13.6. The van der Waals surface area contributed by atoms with Crippen LogP contribution < -0.4 is 4.74 Å². The number of alkyl halides is 6. The zero-order valence-electron chi connectivity index (χ0n) is 18.4. The Kier molecular flexibility index (Phi) is 8.77. The van der Waals surface area contributed by atoms with Gasteiger partial charge in [-0.05, 0) is 24.6 Å². The number of hydrogen-bond acceptors (Lipinski definition) is 4. The van der Waals surface area contributed by atoms with Crippen LogP contribution in [0.1, 0.15) is 29.8 Å². The molecule has 0 aliphatic heterocycles. The van der Waals surface area contributed by atoms with Gasteiger partial charge in [-0.1, -0.05) is 44.2 Å². The fraction of sp³-hybridized carbons (Fsp3) is 0.500. The zero-order chi connectivity index (χ0) is 25.1. The minimum Gasteiger partial charge on any atom is -0.497 e. The van der Waals surface area contributed by atoms with E-state index in [1.807, 2.05) is 0 Å².